The second-order valence-electron chi connectivity index (χ2n) is 9.25. The smallest absolute Gasteiger partial charge is 0.370 e. The van der Waals surface area contributed by atoms with E-state index >= 15 is 0 Å². The predicted octanol–water partition coefficient (Wildman–Crippen LogP) is 4.09. The van der Waals surface area contributed by atoms with Gasteiger partial charge in [-0.05, 0) is 49.1 Å². The van der Waals surface area contributed by atoms with Crippen molar-refractivity contribution >= 4 is 29.0 Å². The molecule has 2 aliphatic rings. The summed E-state index contributed by atoms with van der Waals surface area (Å²) in [6, 6.07) is 11.3. The molecule has 7 nitrogen and oxygen atoms in total. The molecule has 3 heterocycles. The first-order chi connectivity index (χ1) is 16.7. The second kappa shape index (κ2) is 10.5. The van der Waals surface area contributed by atoms with Crippen molar-refractivity contribution in [2.45, 2.75) is 38.4 Å². The van der Waals surface area contributed by atoms with Gasteiger partial charge in [-0.2, -0.15) is 13.2 Å². The minimum atomic E-state index is -4.12. The number of alkyl halides is 3. The lowest BCUT2D eigenvalue weighted by Gasteiger charge is -2.34. The highest BCUT2D eigenvalue weighted by Crippen LogP contribution is 2.35. The number of carbonyl (C=O) groups excluding carboxylic acids is 2. The number of halogens is 3. The van der Waals surface area contributed by atoms with Crippen LogP contribution in [0.15, 0.2) is 42.6 Å². The number of hydrogen-bond acceptors (Lipinski definition) is 5. The lowest BCUT2D eigenvalue weighted by atomic mass is 9.96. The number of pyridine rings is 1. The molecule has 1 aromatic heterocycles. The van der Waals surface area contributed by atoms with E-state index in [1.54, 1.807) is 18.1 Å². The summed E-state index contributed by atoms with van der Waals surface area (Å²) in [4.78, 5) is 31.9. The van der Waals surface area contributed by atoms with E-state index in [4.69, 9.17) is 0 Å². The average molecular weight is 490 g/mol. The van der Waals surface area contributed by atoms with E-state index in [0.29, 0.717) is 44.8 Å². The third-order valence-corrected chi connectivity index (χ3v) is 6.76. The molecule has 0 bridgehead atoms. The molecule has 2 aromatic rings. The van der Waals surface area contributed by atoms with Crippen molar-refractivity contribution in [3.05, 3.63) is 48.2 Å². The number of anilines is 3. The fourth-order valence-electron chi connectivity index (χ4n) is 4.53. The Morgan fingerprint density at radius 1 is 1.09 bits per heavy atom. The number of piperidine rings is 2. The molecular formula is C25H30F3N5O2. The van der Waals surface area contributed by atoms with Crippen molar-refractivity contribution in [3.63, 3.8) is 0 Å². The molecule has 10 heteroatoms. The molecule has 0 spiro atoms. The van der Waals surface area contributed by atoms with Gasteiger partial charge in [-0.25, -0.2) is 4.98 Å². The first kappa shape index (κ1) is 24.8. The molecule has 2 fully saturated rings. The van der Waals surface area contributed by atoms with Gasteiger partial charge >= 0.3 is 6.18 Å². The highest BCUT2D eigenvalue weighted by atomic mass is 19.4. The number of nitrogens with one attached hydrogen (secondary N) is 2. The van der Waals surface area contributed by atoms with Crippen molar-refractivity contribution in [1.82, 2.24) is 15.2 Å². The van der Waals surface area contributed by atoms with Crippen LogP contribution in [0.25, 0.3) is 0 Å². The van der Waals surface area contributed by atoms with Gasteiger partial charge in [-0.15, -0.1) is 0 Å². The van der Waals surface area contributed by atoms with E-state index in [1.165, 1.54) is 0 Å². The Morgan fingerprint density at radius 3 is 2.40 bits per heavy atom. The zero-order chi connectivity index (χ0) is 25.0. The highest BCUT2D eigenvalue weighted by molar-refractivity contribution is 5.83. The normalized spacial score (nSPS) is 19.5. The van der Waals surface area contributed by atoms with E-state index in [9.17, 15) is 22.8 Å². The van der Waals surface area contributed by atoms with Crippen molar-refractivity contribution in [3.8, 4) is 0 Å². The number of nitrogens with zero attached hydrogens (tertiary/aromatic N) is 3. The van der Waals surface area contributed by atoms with E-state index in [1.807, 2.05) is 41.3 Å². The van der Waals surface area contributed by atoms with Gasteiger partial charge in [-0.1, -0.05) is 12.1 Å². The van der Waals surface area contributed by atoms with Gasteiger partial charge in [0.1, 0.15) is 5.82 Å². The maximum absolute atomic E-state index is 12.9. The molecule has 1 unspecified atom stereocenters. The van der Waals surface area contributed by atoms with Gasteiger partial charge in [0.25, 0.3) is 0 Å². The molecule has 1 aromatic carbocycles. The summed E-state index contributed by atoms with van der Waals surface area (Å²) in [5, 5.41) is 6.16. The number of benzene rings is 1. The van der Waals surface area contributed by atoms with Crippen LogP contribution < -0.4 is 15.5 Å². The monoisotopic (exact) mass is 489 g/mol. The number of likely N-dealkylation sites (tertiary alicyclic amines) is 1. The largest absolute Gasteiger partial charge is 0.391 e. The average Bonchev–Trinajstić information content (AvgIpc) is 2.85. The lowest BCUT2D eigenvalue weighted by Crippen LogP contribution is -2.43. The second-order valence-corrected chi connectivity index (χ2v) is 9.25. The summed E-state index contributed by atoms with van der Waals surface area (Å²) >= 11 is 0. The van der Waals surface area contributed by atoms with Crippen LogP contribution in [0.1, 0.15) is 31.2 Å². The third kappa shape index (κ3) is 6.43. The molecule has 2 N–H and O–H groups in total. The van der Waals surface area contributed by atoms with Crippen molar-refractivity contribution in [2.75, 3.05) is 36.9 Å². The van der Waals surface area contributed by atoms with Crippen LogP contribution in [-0.4, -0.2) is 54.6 Å². The maximum atomic E-state index is 12.9. The Balaban J connectivity index is 1.24. The van der Waals surface area contributed by atoms with Crippen molar-refractivity contribution in [1.29, 1.82) is 0 Å². The zero-order valence-electron chi connectivity index (χ0n) is 19.6. The van der Waals surface area contributed by atoms with Crippen LogP contribution in [-0.2, 0) is 16.1 Å². The third-order valence-electron chi connectivity index (χ3n) is 6.76. The molecule has 188 valence electrons. The fraction of sp³-hybridized carbons (Fsp3) is 0.480. The van der Waals surface area contributed by atoms with Crippen LogP contribution in [0.4, 0.5) is 30.4 Å². The number of aromatic nitrogens is 1. The zero-order valence-corrected chi connectivity index (χ0v) is 19.6. The summed E-state index contributed by atoms with van der Waals surface area (Å²) in [5.74, 6) is -0.728. The molecule has 0 aliphatic carbocycles. The molecule has 2 saturated heterocycles. The summed E-state index contributed by atoms with van der Waals surface area (Å²) in [6.45, 7) is 1.59. The Kier molecular flexibility index (Phi) is 7.47. The van der Waals surface area contributed by atoms with Crippen molar-refractivity contribution < 1.29 is 22.8 Å². The number of amides is 2. The summed E-state index contributed by atoms with van der Waals surface area (Å²) in [7, 11) is 1.72. The minimum absolute atomic E-state index is 0.0431. The summed E-state index contributed by atoms with van der Waals surface area (Å²) in [5.41, 5.74) is 2.60. The highest BCUT2D eigenvalue weighted by Gasteiger charge is 2.41. The van der Waals surface area contributed by atoms with Gasteiger partial charge in [0.2, 0.25) is 11.8 Å². The Morgan fingerprint density at radius 2 is 1.80 bits per heavy atom. The number of carbonyl (C=O) groups is 2. The standard InChI is InChI=1S/C25H30F3N5O2/c1-32-16-18(4-9-23(32)34)24(35)30-14-17-2-5-20(6-3-17)31-22-8-7-21(15-29-22)33-12-10-19(11-13-33)25(26,27)28/h2-3,5-8,15,18-19H,4,9-14,16H2,1H3,(H,29,31)(H,30,35). The molecule has 1 atom stereocenters. The quantitative estimate of drug-likeness (QED) is 0.639. The molecular weight excluding hydrogens is 459 g/mol. The van der Waals surface area contributed by atoms with E-state index in [-0.39, 0.29) is 30.6 Å². The van der Waals surface area contributed by atoms with Gasteiger partial charge in [-0.3, -0.25) is 9.59 Å². The molecule has 4 rings (SSSR count). The van der Waals surface area contributed by atoms with Crippen molar-refractivity contribution in [2.24, 2.45) is 11.8 Å². The first-order valence-corrected chi connectivity index (χ1v) is 11.8. The lowest BCUT2D eigenvalue weighted by molar-refractivity contribution is -0.179. The molecule has 2 amide bonds. The van der Waals surface area contributed by atoms with E-state index in [2.05, 4.69) is 15.6 Å². The number of rotatable bonds is 6. The van der Waals surface area contributed by atoms with Gasteiger partial charge in [0, 0.05) is 45.3 Å². The number of hydrogen-bond donors (Lipinski definition) is 2. The fourth-order valence-corrected chi connectivity index (χ4v) is 4.53. The Labute approximate surface area is 202 Å². The van der Waals surface area contributed by atoms with Crippen LogP contribution in [0.5, 0.6) is 0 Å². The van der Waals surface area contributed by atoms with Gasteiger partial charge in [0.05, 0.1) is 23.7 Å². The van der Waals surface area contributed by atoms with Crippen LogP contribution in [0, 0.1) is 11.8 Å². The van der Waals surface area contributed by atoms with Crippen LogP contribution >= 0.6 is 0 Å². The molecule has 2 aliphatic heterocycles. The predicted molar refractivity (Wildman–Crippen MR) is 127 cm³/mol. The van der Waals surface area contributed by atoms with Gasteiger partial charge < -0.3 is 20.4 Å². The Bertz CT molecular complexity index is 1020. The minimum Gasteiger partial charge on any atom is -0.370 e. The first-order valence-electron chi connectivity index (χ1n) is 11.8. The van der Waals surface area contributed by atoms with E-state index < -0.39 is 12.1 Å². The van der Waals surface area contributed by atoms with Gasteiger partial charge in [0.15, 0.2) is 0 Å². The SMILES string of the molecule is CN1CC(C(=O)NCc2ccc(Nc3ccc(N4CCC(C(F)(F)F)CC4)cn3)cc2)CCC1=O. The molecule has 0 radical (unpaired) electrons. The summed E-state index contributed by atoms with van der Waals surface area (Å²) < 4.78 is 38.6. The topological polar surface area (TPSA) is 77.6 Å². The maximum Gasteiger partial charge on any atom is 0.391 e. The van der Waals surface area contributed by atoms with E-state index in [0.717, 1.165) is 16.9 Å². The van der Waals surface area contributed by atoms with Crippen LogP contribution in [0.2, 0.25) is 0 Å². The van der Waals surface area contributed by atoms with Crippen LogP contribution in [0.3, 0.4) is 0 Å². The molecule has 0 saturated carbocycles. The molecule has 35 heavy (non-hydrogen) atoms. The Hall–Kier alpha value is -3.30. The summed E-state index contributed by atoms with van der Waals surface area (Å²) in [6.07, 6.45) is -1.25.